The average Bonchev–Trinajstić information content (AvgIpc) is 3.06. The summed E-state index contributed by atoms with van der Waals surface area (Å²) in [6.07, 6.45) is 2.02. The van der Waals surface area contributed by atoms with Gasteiger partial charge in [0.15, 0.2) is 16.6 Å². The van der Waals surface area contributed by atoms with Gasteiger partial charge < -0.3 is 13.6 Å². The predicted molar refractivity (Wildman–Crippen MR) is 103 cm³/mol. The molecule has 0 heterocycles. The summed E-state index contributed by atoms with van der Waals surface area (Å²) >= 11 is 0. The van der Waals surface area contributed by atoms with Crippen molar-refractivity contribution in [1.29, 1.82) is 0 Å². The van der Waals surface area contributed by atoms with Gasteiger partial charge in [-0.2, -0.15) is 0 Å². The standard InChI is InChI=1S/C18H38O3Si2/c1-16(2,3)22(7,8)20-13-18(11-15(18)12-19)14-21-23(9,10)17(4,5)6/h12,15H,11,13-14H2,1-10H3. The fourth-order valence-corrected chi connectivity index (χ4v) is 4.19. The first-order valence-corrected chi connectivity index (χ1v) is 14.6. The number of hydrogen-bond acceptors (Lipinski definition) is 3. The molecule has 0 saturated heterocycles. The van der Waals surface area contributed by atoms with E-state index in [1.54, 1.807) is 0 Å². The summed E-state index contributed by atoms with van der Waals surface area (Å²) in [5.41, 5.74) is -0.0766. The average molecular weight is 359 g/mol. The van der Waals surface area contributed by atoms with E-state index in [0.717, 1.165) is 12.7 Å². The number of aldehydes is 1. The van der Waals surface area contributed by atoms with Crippen LogP contribution >= 0.6 is 0 Å². The zero-order valence-electron chi connectivity index (χ0n) is 17.0. The molecule has 1 atom stereocenters. The van der Waals surface area contributed by atoms with Crippen molar-refractivity contribution in [1.82, 2.24) is 0 Å². The van der Waals surface area contributed by atoms with Gasteiger partial charge in [0.05, 0.1) is 0 Å². The topological polar surface area (TPSA) is 35.5 Å². The maximum absolute atomic E-state index is 11.3. The Bertz CT molecular complexity index is 401. The SMILES string of the molecule is CC(C)(C)[Si](C)(C)OCC1(CO[Si](C)(C)C(C)(C)C)CC1C=O. The first-order valence-electron chi connectivity index (χ1n) is 8.81. The lowest BCUT2D eigenvalue weighted by Gasteiger charge is -2.39. The summed E-state index contributed by atoms with van der Waals surface area (Å²) < 4.78 is 12.8. The van der Waals surface area contributed by atoms with Crippen LogP contribution in [0.1, 0.15) is 48.0 Å². The monoisotopic (exact) mass is 358 g/mol. The molecule has 0 radical (unpaired) electrons. The minimum absolute atomic E-state index is 0.0766. The molecule has 1 aliphatic rings. The van der Waals surface area contributed by atoms with Crippen molar-refractivity contribution in [2.75, 3.05) is 13.2 Å². The molecule has 1 aliphatic carbocycles. The molecule has 136 valence electrons. The summed E-state index contributed by atoms with van der Waals surface area (Å²) in [4.78, 5) is 11.3. The lowest BCUT2D eigenvalue weighted by molar-refractivity contribution is -0.110. The number of carbonyl (C=O) groups excluding carboxylic acids is 1. The van der Waals surface area contributed by atoms with E-state index < -0.39 is 16.6 Å². The Balaban J connectivity index is 2.74. The van der Waals surface area contributed by atoms with Crippen LogP contribution in [0.25, 0.3) is 0 Å². The third kappa shape index (κ3) is 4.77. The van der Waals surface area contributed by atoms with Crippen molar-refractivity contribution in [3.63, 3.8) is 0 Å². The van der Waals surface area contributed by atoms with Gasteiger partial charge in [-0.05, 0) is 42.7 Å². The molecular formula is C18H38O3Si2. The van der Waals surface area contributed by atoms with Crippen LogP contribution < -0.4 is 0 Å². The highest BCUT2D eigenvalue weighted by Crippen LogP contribution is 2.54. The second kappa shape index (κ2) is 6.39. The van der Waals surface area contributed by atoms with Gasteiger partial charge in [-0.15, -0.1) is 0 Å². The van der Waals surface area contributed by atoms with E-state index in [1.807, 2.05) is 0 Å². The van der Waals surface area contributed by atoms with Crippen LogP contribution in [0.3, 0.4) is 0 Å². The molecule has 0 spiro atoms. The molecule has 0 aromatic rings. The maximum atomic E-state index is 11.3. The normalized spacial score (nSPS) is 22.1. The fraction of sp³-hybridized carbons (Fsp3) is 0.944. The van der Waals surface area contributed by atoms with E-state index in [1.165, 1.54) is 0 Å². The molecule has 1 saturated carbocycles. The van der Waals surface area contributed by atoms with Crippen LogP contribution in [0.15, 0.2) is 0 Å². The van der Waals surface area contributed by atoms with E-state index in [2.05, 4.69) is 67.7 Å². The molecule has 5 heteroatoms. The molecule has 0 aliphatic heterocycles. The molecule has 0 N–H and O–H groups in total. The van der Waals surface area contributed by atoms with Crippen molar-refractivity contribution in [3.05, 3.63) is 0 Å². The number of rotatable bonds is 7. The van der Waals surface area contributed by atoms with Gasteiger partial charge in [0.2, 0.25) is 0 Å². The summed E-state index contributed by atoms with van der Waals surface area (Å²) in [6, 6.07) is 0. The minimum atomic E-state index is -1.79. The highest BCUT2D eigenvalue weighted by Gasteiger charge is 2.56. The van der Waals surface area contributed by atoms with Crippen LogP contribution in [0, 0.1) is 11.3 Å². The third-order valence-corrected chi connectivity index (χ3v) is 15.4. The quantitative estimate of drug-likeness (QED) is 0.461. The Morgan fingerprint density at radius 3 is 1.48 bits per heavy atom. The Hall–Kier alpha value is 0.0238. The van der Waals surface area contributed by atoms with Crippen molar-refractivity contribution in [3.8, 4) is 0 Å². The maximum Gasteiger partial charge on any atom is 0.192 e. The van der Waals surface area contributed by atoms with Crippen LogP contribution in [0.2, 0.25) is 36.3 Å². The van der Waals surface area contributed by atoms with Gasteiger partial charge in [-0.3, -0.25) is 0 Å². The van der Waals surface area contributed by atoms with E-state index in [4.69, 9.17) is 8.85 Å². The smallest absolute Gasteiger partial charge is 0.192 e. The van der Waals surface area contributed by atoms with Gasteiger partial charge in [0.1, 0.15) is 6.29 Å². The van der Waals surface area contributed by atoms with Crippen LogP contribution in [-0.2, 0) is 13.6 Å². The van der Waals surface area contributed by atoms with Gasteiger partial charge in [-0.25, -0.2) is 0 Å². The van der Waals surface area contributed by atoms with E-state index in [9.17, 15) is 4.79 Å². The summed E-state index contributed by atoms with van der Waals surface area (Å²) in [5, 5.41) is 0.389. The molecule has 0 amide bonds. The Labute approximate surface area is 145 Å². The number of hydrogen-bond donors (Lipinski definition) is 0. The third-order valence-electron chi connectivity index (χ3n) is 6.47. The predicted octanol–water partition coefficient (Wildman–Crippen LogP) is 5.24. The molecule has 1 unspecified atom stereocenters. The summed E-state index contributed by atoms with van der Waals surface area (Å²) in [5.74, 6) is 0.108. The minimum Gasteiger partial charge on any atom is -0.416 e. The molecule has 1 rings (SSSR count). The molecular weight excluding hydrogens is 320 g/mol. The first-order chi connectivity index (χ1) is 10.1. The molecule has 0 aromatic carbocycles. The fourth-order valence-electron chi connectivity index (χ4n) is 2.03. The zero-order chi connectivity index (χ0) is 18.3. The molecule has 3 nitrogen and oxygen atoms in total. The molecule has 23 heavy (non-hydrogen) atoms. The van der Waals surface area contributed by atoms with Crippen LogP contribution in [0.5, 0.6) is 0 Å². The molecule has 0 aromatic heterocycles. The van der Waals surface area contributed by atoms with E-state index in [0.29, 0.717) is 13.2 Å². The van der Waals surface area contributed by atoms with Gasteiger partial charge in [0, 0.05) is 24.5 Å². The summed E-state index contributed by atoms with van der Waals surface area (Å²) in [6.45, 7) is 23.9. The summed E-state index contributed by atoms with van der Waals surface area (Å²) in [7, 11) is -3.58. The lowest BCUT2D eigenvalue weighted by Crippen LogP contribution is -2.45. The second-order valence-electron chi connectivity index (χ2n) is 10.4. The van der Waals surface area contributed by atoms with Crippen LogP contribution in [0.4, 0.5) is 0 Å². The largest absolute Gasteiger partial charge is 0.416 e. The second-order valence-corrected chi connectivity index (χ2v) is 20.0. The highest BCUT2D eigenvalue weighted by molar-refractivity contribution is 6.74. The Kier molecular flexibility index (Phi) is 5.86. The number of carbonyl (C=O) groups is 1. The van der Waals surface area contributed by atoms with E-state index >= 15 is 0 Å². The highest BCUT2D eigenvalue weighted by atomic mass is 28.4. The Morgan fingerprint density at radius 1 is 0.913 bits per heavy atom. The van der Waals surface area contributed by atoms with Crippen molar-refractivity contribution < 1.29 is 13.6 Å². The lowest BCUT2D eigenvalue weighted by atomic mass is 10.1. The van der Waals surface area contributed by atoms with Crippen molar-refractivity contribution >= 4 is 22.9 Å². The molecule has 1 fully saturated rings. The van der Waals surface area contributed by atoms with E-state index in [-0.39, 0.29) is 21.4 Å². The zero-order valence-corrected chi connectivity index (χ0v) is 19.0. The van der Waals surface area contributed by atoms with Gasteiger partial charge >= 0.3 is 0 Å². The van der Waals surface area contributed by atoms with Gasteiger partial charge in [0.25, 0.3) is 0 Å². The van der Waals surface area contributed by atoms with Crippen molar-refractivity contribution in [2.45, 2.75) is 84.2 Å². The first kappa shape index (κ1) is 21.1. The van der Waals surface area contributed by atoms with Crippen molar-refractivity contribution in [2.24, 2.45) is 11.3 Å². The van der Waals surface area contributed by atoms with Gasteiger partial charge in [-0.1, -0.05) is 41.5 Å². The Morgan fingerprint density at radius 2 is 1.26 bits per heavy atom. The van der Waals surface area contributed by atoms with Crippen LogP contribution in [-0.4, -0.2) is 36.1 Å². The molecule has 0 bridgehead atoms.